The number of benzene rings is 2. The van der Waals surface area contributed by atoms with Crippen LogP contribution in [0.15, 0.2) is 42.5 Å². The second-order valence-electron chi connectivity index (χ2n) is 4.40. The number of para-hydroxylation sites is 2. The molecule has 1 aliphatic rings. The maximum absolute atomic E-state index is 13.9. The Balaban J connectivity index is 2.00. The Bertz CT molecular complexity index is 675. The monoisotopic (exact) mass is 291 g/mol. The van der Waals surface area contributed by atoms with Gasteiger partial charge >= 0.3 is 0 Å². The smallest absolute Gasteiger partial charge is 0.261 e. The number of fused-ring (bicyclic) bond motifs is 1. The number of amides is 1. The predicted octanol–water partition coefficient (Wildman–Crippen LogP) is 3.52. The van der Waals surface area contributed by atoms with Crippen LogP contribution in [0, 0.1) is 5.82 Å². The fourth-order valence-corrected chi connectivity index (χ4v) is 2.35. The Morgan fingerprint density at radius 1 is 1.25 bits per heavy atom. The molecule has 0 saturated heterocycles. The Morgan fingerprint density at radius 3 is 2.85 bits per heavy atom. The lowest BCUT2D eigenvalue weighted by molar-refractivity contribution is 0.0972. The van der Waals surface area contributed by atoms with Crippen molar-refractivity contribution in [2.45, 2.75) is 0 Å². The first-order valence-electron chi connectivity index (χ1n) is 6.15. The van der Waals surface area contributed by atoms with Crippen molar-refractivity contribution in [3.8, 4) is 5.75 Å². The van der Waals surface area contributed by atoms with Gasteiger partial charge in [0.25, 0.3) is 5.91 Å². The van der Waals surface area contributed by atoms with Gasteiger partial charge in [0.1, 0.15) is 18.2 Å². The van der Waals surface area contributed by atoms with E-state index in [1.807, 2.05) is 12.1 Å². The summed E-state index contributed by atoms with van der Waals surface area (Å²) < 4.78 is 19.3. The molecule has 0 aromatic heterocycles. The first kappa shape index (κ1) is 12.9. The van der Waals surface area contributed by atoms with E-state index in [0.717, 1.165) is 6.07 Å². The van der Waals surface area contributed by atoms with Crippen LogP contribution >= 0.6 is 11.6 Å². The molecule has 20 heavy (non-hydrogen) atoms. The van der Waals surface area contributed by atoms with Crippen molar-refractivity contribution >= 4 is 23.2 Å². The second-order valence-corrected chi connectivity index (χ2v) is 4.83. The number of rotatable bonds is 1. The van der Waals surface area contributed by atoms with Crippen LogP contribution in [0.4, 0.5) is 10.1 Å². The quantitative estimate of drug-likeness (QED) is 0.804. The summed E-state index contributed by atoms with van der Waals surface area (Å²) in [6.45, 7) is 0.774. The highest BCUT2D eigenvalue weighted by atomic mass is 35.5. The maximum Gasteiger partial charge on any atom is 0.261 e. The van der Waals surface area contributed by atoms with Gasteiger partial charge in [0, 0.05) is 5.02 Å². The van der Waals surface area contributed by atoms with Crippen molar-refractivity contribution in [3.63, 3.8) is 0 Å². The zero-order valence-corrected chi connectivity index (χ0v) is 11.2. The first-order chi connectivity index (χ1) is 9.66. The molecule has 0 aliphatic carbocycles. The van der Waals surface area contributed by atoms with E-state index in [9.17, 15) is 9.18 Å². The number of carbonyl (C=O) groups excluding carboxylic acids is 1. The largest absolute Gasteiger partial charge is 0.490 e. The average molecular weight is 292 g/mol. The van der Waals surface area contributed by atoms with Crippen LogP contribution in [0.3, 0.4) is 0 Å². The summed E-state index contributed by atoms with van der Waals surface area (Å²) in [6.07, 6.45) is 0. The van der Waals surface area contributed by atoms with Gasteiger partial charge in [-0.3, -0.25) is 4.79 Å². The standard InChI is InChI=1S/C15H11ClFNO2/c16-10-5-6-11(12(17)9-10)15(19)18-7-8-20-14-4-2-1-3-13(14)18/h1-6,9H,7-8H2. The third-order valence-electron chi connectivity index (χ3n) is 3.14. The number of nitrogens with zero attached hydrogens (tertiary/aromatic N) is 1. The van der Waals surface area contributed by atoms with Crippen LogP contribution in [-0.4, -0.2) is 19.1 Å². The second kappa shape index (κ2) is 5.13. The summed E-state index contributed by atoms with van der Waals surface area (Å²) in [5.41, 5.74) is 0.657. The lowest BCUT2D eigenvalue weighted by atomic mass is 10.1. The molecule has 0 fully saturated rings. The SMILES string of the molecule is O=C(c1ccc(Cl)cc1F)N1CCOc2ccccc21. The van der Waals surface area contributed by atoms with E-state index in [4.69, 9.17) is 16.3 Å². The van der Waals surface area contributed by atoms with Crippen molar-refractivity contribution in [2.75, 3.05) is 18.1 Å². The predicted molar refractivity (Wildman–Crippen MR) is 75.0 cm³/mol. The molecule has 2 aromatic carbocycles. The lowest BCUT2D eigenvalue weighted by Crippen LogP contribution is -2.38. The highest BCUT2D eigenvalue weighted by Crippen LogP contribution is 2.32. The molecule has 1 heterocycles. The van der Waals surface area contributed by atoms with Crippen LogP contribution in [-0.2, 0) is 0 Å². The molecule has 3 rings (SSSR count). The van der Waals surface area contributed by atoms with Gasteiger partial charge in [-0.2, -0.15) is 0 Å². The van der Waals surface area contributed by atoms with Gasteiger partial charge in [0.05, 0.1) is 17.8 Å². The first-order valence-corrected chi connectivity index (χ1v) is 6.53. The molecule has 0 unspecified atom stereocenters. The normalized spacial score (nSPS) is 13.6. The molecule has 2 aromatic rings. The number of ether oxygens (including phenoxy) is 1. The Morgan fingerprint density at radius 2 is 2.05 bits per heavy atom. The molecule has 0 atom stereocenters. The van der Waals surface area contributed by atoms with E-state index in [0.29, 0.717) is 24.6 Å². The fourth-order valence-electron chi connectivity index (χ4n) is 2.19. The van der Waals surface area contributed by atoms with Gasteiger partial charge in [-0.1, -0.05) is 23.7 Å². The topological polar surface area (TPSA) is 29.5 Å². The molecule has 0 saturated carbocycles. The van der Waals surface area contributed by atoms with Gasteiger partial charge in [-0.05, 0) is 30.3 Å². The summed E-state index contributed by atoms with van der Waals surface area (Å²) >= 11 is 5.70. The zero-order valence-electron chi connectivity index (χ0n) is 10.5. The number of anilines is 1. The van der Waals surface area contributed by atoms with Crippen LogP contribution in [0.1, 0.15) is 10.4 Å². The summed E-state index contributed by atoms with van der Waals surface area (Å²) in [5.74, 6) is -0.386. The Kier molecular flexibility index (Phi) is 3.32. The highest BCUT2D eigenvalue weighted by molar-refractivity contribution is 6.30. The van der Waals surface area contributed by atoms with E-state index in [1.165, 1.54) is 17.0 Å². The van der Waals surface area contributed by atoms with E-state index in [-0.39, 0.29) is 10.6 Å². The van der Waals surface area contributed by atoms with E-state index >= 15 is 0 Å². The number of carbonyl (C=O) groups is 1. The van der Waals surface area contributed by atoms with Crippen LogP contribution in [0.25, 0.3) is 0 Å². The zero-order chi connectivity index (χ0) is 14.1. The van der Waals surface area contributed by atoms with Crippen LogP contribution < -0.4 is 9.64 Å². The third kappa shape index (κ3) is 2.23. The average Bonchev–Trinajstić information content (AvgIpc) is 2.46. The molecule has 1 aliphatic heterocycles. The van der Waals surface area contributed by atoms with Gasteiger partial charge in [0.15, 0.2) is 0 Å². The number of hydrogen-bond donors (Lipinski definition) is 0. The van der Waals surface area contributed by atoms with Gasteiger partial charge in [0.2, 0.25) is 0 Å². The molecule has 0 radical (unpaired) electrons. The van der Waals surface area contributed by atoms with Crippen molar-refractivity contribution in [3.05, 3.63) is 58.9 Å². The minimum Gasteiger partial charge on any atom is -0.490 e. The minimum absolute atomic E-state index is 0.00565. The van der Waals surface area contributed by atoms with E-state index in [1.54, 1.807) is 12.1 Å². The van der Waals surface area contributed by atoms with Crippen molar-refractivity contribution < 1.29 is 13.9 Å². The molecule has 1 amide bonds. The Labute approximate surface area is 120 Å². The van der Waals surface area contributed by atoms with Gasteiger partial charge in [-0.25, -0.2) is 4.39 Å². The van der Waals surface area contributed by atoms with Crippen molar-refractivity contribution in [1.29, 1.82) is 0 Å². The minimum atomic E-state index is -0.619. The molecule has 0 bridgehead atoms. The molecular weight excluding hydrogens is 281 g/mol. The molecule has 0 N–H and O–H groups in total. The maximum atomic E-state index is 13.9. The van der Waals surface area contributed by atoms with Crippen molar-refractivity contribution in [1.82, 2.24) is 0 Å². The Hall–Kier alpha value is -2.07. The summed E-state index contributed by atoms with van der Waals surface area (Å²) in [7, 11) is 0. The third-order valence-corrected chi connectivity index (χ3v) is 3.37. The van der Waals surface area contributed by atoms with E-state index < -0.39 is 11.7 Å². The highest BCUT2D eigenvalue weighted by Gasteiger charge is 2.26. The van der Waals surface area contributed by atoms with Gasteiger partial charge in [-0.15, -0.1) is 0 Å². The molecule has 102 valence electrons. The summed E-state index contributed by atoms with van der Waals surface area (Å²) in [6, 6.07) is 11.2. The van der Waals surface area contributed by atoms with Gasteiger partial charge < -0.3 is 9.64 Å². The van der Waals surface area contributed by atoms with Crippen LogP contribution in [0.5, 0.6) is 5.75 Å². The van der Waals surface area contributed by atoms with Crippen molar-refractivity contribution in [2.24, 2.45) is 0 Å². The molecule has 0 spiro atoms. The molecular formula is C15H11ClFNO2. The fraction of sp³-hybridized carbons (Fsp3) is 0.133. The molecule has 5 heteroatoms. The number of hydrogen-bond acceptors (Lipinski definition) is 2. The summed E-state index contributed by atoms with van der Waals surface area (Å²) in [5, 5.41) is 0.265. The molecule has 3 nitrogen and oxygen atoms in total. The lowest BCUT2D eigenvalue weighted by Gasteiger charge is -2.29. The summed E-state index contributed by atoms with van der Waals surface area (Å²) in [4.78, 5) is 14.0. The van der Waals surface area contributed by atoms with E-state index in [2.05, 4.69) is 0 Å². The van der Waals surface area contributed by atoms with Crippen LogP contribution in [0.2, 0.25) is 5.02 Å². The number of halogens is 2.